The molecule has 1 unspecified atom stereocenters. The third-order valence-corrected chi connectivity index (χ3v) is 4.80. The molecule has 1 aliphatic rings. The van der Waals surface area contributed by atoms with Crippen molar-refractivity contribution in [3.8, 4) is 0 Å². The van der Waals surface area contributed by atoms with E-state index in [1.165, 1.54) is 4.90 Å². The highest BCUT2D eigenvalue weighted by atomic mass is 32.2. The number of thioether (sulfide) groups is 1. The molecule has 22 heavy (non-hydrogen) atoms. The Labute approximate surface area is 134 Å². The van der Waals surface area contributed by atoms with E-state index in [0.29, 0.717) is 11.8 Å². The van der Waals surface area contributed by atoms with Gasteiger partial charge in [-0.1, -0.05) is 18.2 Å². The van der Waals surface area contributed by atoms with E-state index in [9.17, 15) is 4.79 Å². The molecule has 1 atom stereocenters. The molecule has 1 amide bonds. The highest BCUT2D eigenvalue weighted by Crippen LogP contribution is 2.25. The summed E-state index contributed by atoms with van der Waals surface area (Å²) in [4.78, 5) is 15.7. The first-order valence-electron chi connectivity index (χ1n) is 7.51. The van der Waals surface area contributed by atoms with Crippen molar-refractivity contribution in [1.29, 1.82) is 0 Å². The molecular formula is C17H20N2O2S. The topological polar surface area (TPSA) is 45.5 Å². The Balaban J connectivity index is 1.67. The van der Waals surface area contributed by atoms with Gasteiger partial charge in [-0.3, -0.25) is 4.79 Å². The van der Waals surface area contributed by atoms with Crippen LogP contribution >= 0.6 is 11.8 Å². The van der Waals surface area contributed by atoms with E-state index in [1.807, 2.05) is 29.2 Å². The fourth-order valence-electron chi connectivity index (χ4n) is 2.58. The van der Waals surface area contributed by atoms with Crippen molar-refractivity contribution in [3.63, 3.8) is 0 Å². The summed E-state index contributed by atoms with van der Waals surface area (Å²) >= 11 is 1.71. The Morgan fingerprint density at radius 2 is 2.18 bits per heavy atom. The second-order valence-electron chi connectivity index (χ2n) is 5.48. The number of piperazine rings is 1. The van der Waals surface area contributed by atoms with Crippen LogP contribution in [0.25, 0.3) is 0 Å². The van der Waals surface area contributed by atoms with Gasteiger partial charge in [0.05, 0.1) is 6.26 Å². The highest BCUT2D eigenvalue weighted by molar-refractivity contribution is 7.98. The van der Waals surface area contributed by atoms with Crippen LogP contribution in [0.15, 0.2) is 52.0 Å². The average Bonchev–Trinajstić information content (AvgIpc) is 3.01. The normalized spacial score (nSPS) is 18.4. The Morgan fingerprint density at radius 1 is 1.36 bits per heavy atom. The highest BCUT2D eigenvalue weighted by Gasteiger charge is 2.25. The van der Waals surface area contributed by atoms with Crippen LogP contribution in [0, 0.1) is 0 Å². The fraction of sp³-hybridized carbons (Fsp3) is 0.353. The summed E-state index contributed by atoms with van der Waals surface area (Å²) < 4.78 is 5.48. The minimum atomic E-state index is 0.00186. The average molecular weight is 316 g/mol. The second kappa shape index (κ2) is 7.03. The summed E-state index contributed by atoms with van der Waals surface area (Å²) in [5, 5.41) is 3.34. The largest absolute Gasteiger partial charge is 0.459 e. The van der Waals surface area contributed by atoms with Gasteiger partial charge in [0.15, 0.2) is 5.76 Å². The van der Waals surface area contributed by atoms with Crippen molar-refractivity contribution >= 4 is 17.7 Å². The third-order valence-electron chi connectivity index (χ3n) is 3.73. The van der Waals surface area contributed by atoms with Gasteiger partial charge in [-0.05, 0) is 25.1 Å². The van der Waals surface area contributed by atoms with Crippen molar-refractivity contribution in [2.24, 2.45) is 0 Å². The van der Waals surface area contributed by atoms with E-state index in [-0.39, 0.29) is 5.91 Å². The number of carbonyl (C=O) groups excluding carboxylic acids is 1. The zero-order valence-corrected chi connectivity index (χ0v) is 13.4. The van der Waals surface area contributed by atoms with Crippen molar-refractivity contribution in [2.45, 2.75) is 23.6 Å². The lowest BCUT2D eigenvalue weighted by Crippen LogP contribution is -2.51. The summed E-state index contributed by atoms with van der Waals surface area (Å²) in [5.41, 5.74) is 0.963. The lowest BCUT2D eigenvalue weighted by Gasteiger charge is -2.31. The molecule has 2 heterocycles. The number of amides is 1. The smallest absolute Gasteiger partial charge is 0.289 e. The predicted octanol–water partition coefficient (Wildman–Crippen LogP) is 3.01. The van der Waals surface area contributed by atoms with Crippen LogP contribution in [0.5, 0.6) is 0 Å². The first-order valence-corrected chi connectivity index (χ1v) is 8.49. The summed E-state index contributed by atoms with van der Waals surface area (Å²) in [6, 6.07) is 12.4. The Morgan fingerprint density at radius 3 is 2.95 bits per heavy atom. The molecular weight excluding hydrogens is 296 g/mol. The number of hydrogen-bond acceptors (Lipinski definition) is 4. The zero-order valence-electron chi connectivity index (χ0n) is 12.6. The minimum absolute atomic E-state index is 0.00186. The Kier molecular flexibility index (Phi) is 4.85. The van der Waals surface area contributed by atoms with Gasteiger partial charge in [0, 0.05) is 41.9 Å². The quantitative estimate of drug-likeness (QED) is 0.881. The fourth-order valence-corrected chi connectivity index (χ4v) is 3.47. The maximum Gasteiger partial charge on any atom is 0.289 e. The Bertz CT molecular complexity index is 627. The van der Waals surface area contributed by atoms with Gasteiger partial charge < -0.3 is 14.6 Å². The van der Waals surface area contributed by atoms with Crippen LogP contribution in [0.3, 0.4) is 0 Å². The van der Waals surface area contributed by atoms with Crippen LogP contribution < -0.4 is 5.32 Å². The van der Waals surface area contributed by atoms with Gasteiger partial charge in [0.1, 0.15) is 0 Å². The molecule has 1 saturated heterocycles. The number of hydrogen-bond donors (Lipinski definition) is 1. The first-order chi connectivity index (χ1) is 10.7. The van der Waals surface area contributed by atoms with Gasteiger partial charge >= 0.3 is 0 Å². The van der Waals surface area contributed by atoms with E-state index in [4.69, 9.17) is 4.42 Å². The van der Waals surface area contributed by atoms with E-state index >= 15 is 0 Å². The molecule has 0 radical (unpaired) electrons. The molecule has 3 rings (SSSR count). The van der Waals surface area contributed by atoms with E-state index in [1.54, 1.807) is 18.0 Å². The standard InChI is InChI=1S/C17H20N2O2S/c1-13-11-19(9-8-18-13)17(20)16-14(7-10-21-16)12-22-15-5-3-2-4-6-15/h2-7,10,13,18H,8-9,11-12H2,1H3. The molecule has 0 spiro atoms. The molecule has 1 aromatic carbocycles. The van der Waals surface area contributed by atoms with Crippen molar-refractivity contribution in [3.05, 3.63) is 54.0 Å². The summed E-state index contributed by atoms with van der Waals surface area (Å²) in [6.45, 7) is 4.38. The summed E-state index contributed by atoms with van der Waals surface area (Å²) in [6.07, 6.45) is 1.61. The Hall–Kier alpha value is -1.72. The van der Waals surface area contributed by atoms with Crippen LogP contribution in [0.1, 0.15) is 23.0 Å². The number of nitrogens with zero attached hydrogens (tertiary/aromatic N) is 1. The molecule has 1 aromatic heterocycles. The molecule has 4 nitrogen and oxygen atoms in total. The SMILES string of the molecule is CC1CN(C(=O)c2occc2CSc2ccccc2)CCN1. The van der Waals surface area contributed by atoms with Crippen LogP contribution in [-0.4, -0.2) is 36.5 Å². The molecule has 0 aliphatic carbocycles. The van der Waals surface area contributed by atoms with E-state index < -0.39 is 0 Å². The van der Waals surface area contributed by atoms with Gasteiger partial charge in [-0.15, -0.1) is 11.8 Å². The summed E-state index contributed by atoms with van der Waals surface area (Å²) in [7, 11) is 0. The van der Waals surface area contributed by atoms with Crippen molar-refractivity contribution in [1.82, 2.24) is 10.2 Å². The molecule has 5 heteroatoms. The summed E-state index contributed by atoms with van der Waals surface area (Å²) in [5.74, 6) is 1.23. The predicted molar refractivity (Wildman–Crippen MR) is 88.1 cm³/mol. The van der Waals surface area contributed by atoms with Crippen molar-refractivity contribution < 1.29 is 9.21 Å². The molecule has 1 N–H and O–H groups in total. The van der Waals surface area contributed by atoms with E-state index in [0.717, 1.165) is 31.0 Å². The van der Waals surface area contributed by atoms with Crippen LogP contribution in [0.2, 0.25) is 0 Å². The molecule has 0 bridgehead atoms. The van der Waals surface area contributed by atoms with Crippen molar-refractivity contribution in [2.75, 3.05) is 19.6 Å². The van der Waals surface area contributed by atoms with E-state index in [2.05, 4.69) is 24.4 Å². The zero-order chi connectivity index (χ0) is 15.4. The van der Waals surface area contributed by atoms with Gasteiger partial charge in [0.2, 0.25) is 0 Å². The monoisotopic (exact) mass is 316 g/mol. The second-order valence-corrected chi connectivity index (χ2v) is 6.53. The molecule has 1 fully saturated rings. The number of furan rings is 1. The maximum atomic E-state index is 12.6. The number of carbonyl (C=O) groups is 1. The number of nitrogens with one attached hydrogen (secondary N) is 1. The number of benzene rings is 1. The minimum Gasteiger partial charge on any atom is -0.459 e. The molecule has 1 aliphatic heterocycles. The number of rotatable bonds is 4. The maximum absolute atomic E-state index is 12.6. The van der Waals surface area contributed by atoms with Gasteiger partial charge in [0.25, 0.3) is 5.91 Å². The molecule has 116 valence electrons. The first kappa shape index (κ1) is 15.2. The molecule has 0 saturated carbocycles. The van der Waals surface area contributed by atoms with Crippen LogP contribution in [0.4, 0.5) is 0 Å². The third kappa shape index (κ3) is 3.54. The lowest BCUT2D eigenvalue weighted by molar-refractivity contribution is 0.0676. The lowest BCUT2D eigenvalue weighted by atomic mass is 10.2. The van der Waals surface area contributed by atoms with Gasteiger partial charge in [-0.25, -0.2) is 0 Å². The van der Waals surface area contributed by atoms with Gasteiger partial charge in [-0.2, -0.15) is 0 Å². The van der Waals surface area contributed by atoms with Crippen LogP contribution in [-0.2, 0) is 5.75 Å². The molecule has 2 aromatic rings.